The van der Waals surface area contributed by atoms with E-state index in [0.717, 1.165) is 12.0 Å². The molecule has 2 aromatic rings. The average molecular weight is 389 g/mol. The molecule has 2 atom stereocenters. The summed E-state index contributed by atoms with van der Waals surface area (Å²) in [6.07, 6.45) is 2.67. The summed E-state index contributed by atoms with van der Waals surface area (Å²) in [6.45, 7) is 2.61. The van der Waals surface area contributed by atoms with E-state index in [9.17, 15) is 19.5 Å². The molecular weight excluding hydrogens is 368 g/mol. The van der Waals surface area contributed by atoms with Crippen molar-refractivity contribution in [3.63, 3.8) is 0 Å². The third kappa shape index (κ3) is 4.22. The van der Waals surface area contributed by atoms with Crippen LogP contribution in [0.25, 0.3) is 0 Å². The number of halogens is 1. The molecule has 27 heavy (non-hydrogen) atoms. The Balaban J connectivity index is 1.88. The van der Waals surface area contributed by atoms with Crippen molar-refractivity contribution in [3.05, 3.63) is 69.1 Å². The first-order valence-corrected chi connectivity index (χ1v) is 9.22. The van der Waals surface area contributed by atoms with Crippen LogP contribution in [0, 0.1) is 5.92 Å². The number of carboxylic acids is 1. The van der Waals surface area contributed by atoms with Crippen LogP contribution in [-0.2, 0) is 11.3 Å². The number of aliphatic carboxylic acids is 1. The molecule has 0 aliphatic carbocycles. The third-order valence-corrected chi connectivity index (χ3v) is 5.31. The zero-order valence-corrected chi connectivity index (χ0v) is 15.7. The maximum atomic E-state index is 12.9. The van der Waals surface area contributed by atoms with Crippen LogP contribution >= 0.6 is 11.6 Å². The van der Waals surface area contributed by atoms with Crippen molar-refractivity contribution in [2.75, 3.05) is 6.54 Å². The van der Waals surface area contributed by atoms with Gasteiger partial charge in [0.2, 0.25) is 0 Å². The van der Waals surface area contributed by atoms with Gasteiger partial charge in [-0.1, -0.05) is 36.7 Å². The molecule has 1 amide bonds. The van der Waals surface area contributed by atoms with Gasteiger partial charge in [0.25, 0.3) is 11.5 Å². The fraction of sp³-hybridized carbons (Fsp3) is 0.350. The summed E-state index contributed by atoms with van der Waals surface area (Å²) in [5, 5.41) is 10.0. The SMILES string of the molecule is CC1CCN(C(=O)c2ccc(=O)n(Cc3ccccc3Cl)c2)C(C(=O)O)C1. The summed E-state index contributed by atoms with van der Waals surface area (Å²) < 4.78 is 1.41. The Hall–Kier alpha value is -2.60. The van der Waals surface area contributed by atoms with Crippen LogP contribution in [0.5, 0.6) is 0 Å². The van der Waals surface area contributed by atoms with Gasteiger partial charge in [0.1, 0.15) is 6.04 Å². The van der Waals surface area contributed by atoms with Crippen LogP contribution in [0.4, 0.5) is 0 Å². The Morgan fingerprint density at radius 3 is 2.67 bits per heavy atom. The molecule has 1 aromatic heterocycles. The topological polar surface area (TPSA) is 79.6 Å². The average Bonchev–Trinajstić information content (AvgIpc) is 2.64. The number of piperidine rings is 1. The number of carbonyl (C=O) groups is 2. The van der Waals surface area contributed by atoms with Crippen LogP contribution < -0.4 is 5.56 Å². The molecule has 0 saturated carbocycles. The van der Waals surface area contributed by atoms with Gasteiger partial charge in [-0.15, -0.1) is 0 Å². The number of carboxylic acid groups (broad SMARTS) is 1. The summed E-state index contributed by atoms with van der Waals surface area (Å²) in [5.41, 5.74) is 0.803. The van der Waals surface area contributed by atoms with Crippen molar-refractivity contribution in [2.45, 2.75) is 32.4 Å². The highest BCUT2D eigenvalue weighted by molar-refractivity contribution is 6.31. The highest BCUT2D eigenvalue weighted by atomic mass is 35.5. The number of nitrogens with zero attached hydrogens (tertiary/aromatic N) is 2. The molecule has 1 saturated heterocycles. The van der Waals surface area contributed by atoms with E-state index in [1.807, 2.05) is 19.1 Å². The number of likely N-dealkylation sites (tertiary alicyclic amines) is 1. The number of hydrogen-bond donors (Lipinski definition) is 1. The van der Waals surface area contributed by atoms with E-state index in [0.29, 0.717) is 23.6 Å². The van der Waals surface area contributed by atoms with Crippen molar-refractivity contribution < 1.29 is 14.7 Å². The number of pyridine rings is 1. The van der Waals surface area contributed by atoms with Crippen LogP contribution in [-0.4, -0.2) is 39.0 Å². The van der Waals surface area contributed by atoms with Gasteiger partial charge in [0.05, 0.1) is 12.1 Å². The maximum Gasteiger partial charge on any atom is 0.326 e. The molecule has 2 unspecified atom stereocenters. The molecule has 0 spiro atoms. The first kappa shape index (κ1) is 19.2. The van der Waals surface area contributed by atoms with Gasteiger partial charge in [0, 0.05) is 23.8 Å². The quantitative estimate of drug-likeness (QED) is 0.873. The zero-order valence-electron chi connectivity index (χ0n) is 15.0. The molecule has 2 heterocycles. The molecule has 3 rings (SSSR count). The number of hydrogen-bond acceptors (Lipinski definition) is 3. The molecular formula is C20H21ClN2O4. The third-order valence-electron chi connectivity index (χ3n) is 4.94. The van der Waals surface area contributed by atoms with E-state index >= 15 is 0 Å². The number of aromatic nitrogens is 1. The minimum Gasteiger partial charge on any atom is -0.480 e. The van der Waals surface area contributed by atoms with Crippen LogP contribution in [0.3, 0.4) is 0 Å². The van der Waals surface area contributed by atoms with Gasteiger partial charge in [-0.25, -0.2) is 4.79 Å². The molecule has 1 aromatic carbocycles. The maximum absolute atomic E-state index is 12.9. The van der Waals surface area contributed by atoms with Gasteiger partial charge >= 0.3 is 5.97 Å². The number of amides is 1. The van der Waals surface area contributed by atoms with Crippen molar-refractivity contribution in [2.24, 2.45) is 5.92 Å². The second-order valence-corrected chi connectivity index (χ2v) is 7.36. The zero-order chi connectivity index (χ0) is 19.6. The predicted octanol–water partition coefficient (Wildman–Crippen LogP) is 2.88. The van der Waals surface area contributed by atoms with Crippen molar-refractivity contribution in [1.29, 1.82) is 0 Å². The summed E-state index contributed by atoms with van der Waals surface area (Å²) in [6, 6.07) is 9.12. The minimum absolute atomic E-state index is 0.235. The van der Waals surface area contributed by atoms with Gasteiger partial charge in [-0.3, -0.25) is 9.59 Å². The summed E-state index contributed by atoms with van der Waals surface area (Å²) in [4.78, 5) is 38.1. The van der Waals surface area contributed by atoms with Gasteiger partial charge in [0.15, 0.2) is 0 Å². The lowest BCUT2D eigenvalue weighted by atomic mass is 9.92. The second-order valence-electron chi connectivity index (χ2n) is 6.96. The lowest BCUT2D eigenvalue weighted by Crippen LogP contribution is -2.50. The van der Waals surface area contributed by atoms with Crippen molar-refractivity contribution >= 4 is 23.5 Å². The van der Waals surface area contributed by atoms with E-state index in [1.54, 1.807) is 12.1 Å². The fourth-order valence-electron chi connectivity index (χ4n) is 3.38. The Morgan fingerprint density at radius 1 is 1.22 bits per heavy atom. The molecule has 1 aliphatic rings. The Labute approximate surface area is 162 Å². The first-order chi connectivity index (χ1) is 12.9. The Kier molecular flexibility index (Phi) is 5.65. The number of benzene rings is 1. The molecule has 0 bridgehead atoms. The van der Waals surface area contributed by atoms with E-state index in [4.69, 9.17) is 11.6 Å². The lowest BCUT2D eigenvalue weighted by molar-refractivity contribution is -0.144. The van der Waals surface area contributed by atoms with Gasteiger partial charge in [-0.05, 0) is 36.5 Å². The van der Waals surface area contributed by atoms with E-state index < -0.39 is 12.0 Å². The van der Waals surface area contributed by atoms with Crippen LogP contribution in [0.2, 0.25) is 5.02 Å². The van der Waals surface area contributed by atoms with E-state index in [2.05, 4.69) is 0 Å². The van der Waals surface area contributed by atoms with Crippen molar-refractivity contribution in [1.82, 2.24) is 9.47 Å². The highest BCUT2D eigenvalue weighted by Crippen LogP contribution is 2.24. The molecule has 6 nitrogen and oxygen atoms in total. The molecule has 1 N–H and O–H groups in total. The van der Waals surface area contributed by atoms with Gasteiger partial charge < -0.3 is 14.6 Å². The Morgan fingerprint density at radius 2 is 1.96 bits per heavy atom. The molecule has 142 valence electrons. The fourth-order valence-corrected chi connectivity index (χ4v) is 3.57. The molecule has 1 aliphatic heterocycles. The minimum atomic E-state index is -1.00. The predicted molar refractivity (Wildman–Crippen MR) is 102 cm³/mol. The second kappa shape index (κ2) is 7.96. The largest absolute Gasteiger partial charge is 0.480 e. The van der Waals surface area contributed by atoms with Crippen molar-refractivity contribution in [3.8, 4) is 0 Å². The summed E-state index contributed by atoms with van der Waals surface area (Å²) >= 11 is 6.16. The molecule has 0 radical (unpaired) electrons. The van der Waals surface area contributed by atoms with Gasteiger partial charge in [-0.2, -0.15) is 0 Å². The number of carbonyl (C=O) groups excluding carboxylic acids is 1. The smallest absolute Gasteiger partial charge is 0.326 e. The lowest BCUT2D eigenvalue weighted by Gasteiger charge is -2.36. The van der Waals surface area contributed by atoms with Crippen LogP contribution in [0.1, 0.15) is 35.7 Å². The number of rotatable bonds is 4. The summed E-state index contributed by atoms with van der Waals surface area (Å²) in [5.74, 6) is -1.12. The highest BCUT2D eigenvalue weighted by Gasteiger charge is 2.35. The monoisotopic (exact) mass is 388 g/mol. The Bertz CT molecular complexity index is 924. The standard InChI is InChI=1S/C20H21ClN2O4/c1-13-8-9-23(17(10-13)20(26)27)19(25)15-6-7-18(24)22(12-15)11-14-4-2-3-5-16(14)21/h2-7,12-13,17H,8-11H2,1H3,(H,26,27). The van der Waals surface area contributed by atoms with Crippen LogP contribution in [0.15, 0.2) is 47.4 Å². The molecule has 7 heteroatoms. The first-order valence-electron chi connectivity index (χ1n) is 8.84. The van der Waals surface area contributed by atoms with E-state index in [-0.39, 0.29) is 23.9 Å². The normalized spacial score (nSPS) is 19.7. The molecule has 1 fully saturated rings. The summed E-state index contributed by atoms with van der Waals surface area (Å²) in [7, 11) is 0. The van der Waals surface area contributed by atoms with E-state index in [1.165, 1.54) is 27.8 Å².